The SMILES string of the molecule is COc1ccccc1-n1cnnc1S[C@H](C)c1nc(-c2cccc(C(F)(F)F)c2)no1. The summed E-state index contributed by atoms with van der Waals surface area (Å²) in [4.78, 5) is 4.27. The van der Waals surface area contributed by atoms with Crippen molar-refractivity contribution in [2.24, 2.45) is 0 Å². The number of alkyl halides is 3. The minimum atomic E-state index is -4.45. The smallest absolute Gasteiger partial charge is 0.416 e. The van der Waals surface area contributed by atoms with Gasteiger partial charge in [-0.3, -0.25) is 4.57 Å². The van der Waals surface area contributed by atoms with Crippen molar-refractivity contribution in [2.45, 2.75) is 23.5 Å². The number of hydrogen-bond acceptors (Lipinski definition) is 7. The highest BCUT2D eigenvalue weighted by atomic mass is 32.2. The van der Waals surface area contributed by atoms with Gasteiger partial charge < -0.3 is 9.26 Å². The zero-order valence-electron chi connectivity index (χ0n) is 16.4. The van der Waals surface area contributed by atoms with E-state index in [1.54, 1.807) is 18.0 Å². The Bertz CT molecular complexity index is 1190. The lowest BCUT2D eigenvalue weighted by Gasteiger charge is -2.11. The molecular formula is C20H16F3N5O2S. The first-order valence-corrected chi connectivity index (χ1v) is 9.96. The van der Waals surface area contributed by atoms with Crippen LogP contribution in [-0.2, 0) is 6.18 Å². The minimum Gasteiger partial charge on any atom is -0.495 e. The van der Waals surface area contributed by atoms with E-state index in [2.05, 4.69) is 20.3 Å². The van der Waals surface area contributed by atoms with Gasteiger partial charge in [-0.05, 0) is 31.2 Å². The monoisotopic (exact) mass is 447 g/mol. The number of nitrogens with zero attached hydrogens (tertiary/aromatic N) is 5. The van der Waals surface area contributed by atoms with Crippen LogP contribution in [0.15, 0.2) is 64.5 Å². The molecule has 160 valence electrons. The molecule has 0 aliphatic heterocycles. The van der Waals surface area contributed by atoms with Gasteiger partial charge in [0, 0.05) is 5.56 Å². The number of ether oxygens (including phenoxy) is 1. The Morgan fingerprint density at radius 3 is 2.71 bits per heavy atom. The molecular weight excluding hydrogens is 431 g/mol. The Balaban J connectivity index is 1.56. The van der Waals surface area contributed by atoms with Crippen LogP contribution in [0.1, 0.15) is 23.6 Å². The van der Waals surface area contributed by atoms with E-state index < -0.39 is 11.7 Å². The molecule has 0 spiro atoms. The lowest BCUT2D eigenvalue weighted by molar-refractivity contribution is -0.137. The maximum Gasteiger partial charge on any atom is 0.416 e. The van der Waals surface area contributed by atoms with Gasteiger partial charge in [0.05, 0.1) is 23.6 Å². The molecule has 11 heteroatoms. The molecule has 0 bridgehead atoms. The van der Waals surface area contributed by atoms with Crippen molar-refractivity contribution >= 4 is 11.8 Å². The standard InChI is InChI=1S/C20H16F3N5O2S/c1-12(31-19-26-24-11-28(19)15-8-3-4-9-16(15)29-2)18-25-17(27-30-18)13-6-5-7-14(10-13)20(21,22)23/h3-12H,1-2H3/t12-/m1/s1. The second-order valence-corrected chi connectivity index (χ2v) is 7.76. The quantitative estimate of drug-likeness (QED) is 0.376. The highest BCUT2D eigenvalue weighted by Crippen LogP contribution is 2.36. The third-order valence-electron chi connectivity index (χ3n) is 4.38. The van der Waals surface area contributed by atoms with E-state index in [9.17, 15) is 13.2 Å². The van der Waals surface area contributed by atoms with Crippen LogP contribution in [0.3, 0.4) is 0 Å². The molecule has 0 aliphatic rings. The first kappa shape index (κ1) is 20.9. The van der Waals surface area contributed by atoms with Crippen LogP contribution in [0.4, 0.5) is 13.2 Å². The lowest BCUT2D eigenvalue weighted by Crippen LogP contribution is -2.04. The van der Waals surface area contributed by atoms with Crippen molar-refractivity contribution in [3.05, 3.63) is 66.3 Å². The number of rotatable bonds is 6. The fourth-order valence-electron chi connectivity index (χ4n) is 2.86. The van der Waals surface area contributed by atoms with Gasteiger partial charge in [0.15, 0.2) is 5.16 Å². The van der Waals surface area contributed by atoms with Gasteiger partial charge in [-0.2, -0.15) is 18.2 Å². The highest BCUT2D eigenvalue weighted by molar-refractivity contribution is 7.99. The Morgan fingerprint density at radius 2 is 1.94 bits per heavy atom. The van der Waals surface area contributed by atoms with Crippen molar-refractivity contribution in [2.75, 3.05) is 7.11 Å². The molecule has 0 radical (unpaired) electrons. The summed E-state index contributed by atoms with van der Waals surface area (Å²) in [6.07, 6.45) is -2.89. The average molecular weight is 447 g/mol. The molecule has 2 aromatic carbocycles. The van der Waals surface area contributed by atoms with Gasteiger partial charge >= 0.3 is 6.18 Å². The maximum atomic E-state index is 13.0. The van der Waals surface area contributed by atoms with E-state index in [-0.39, 0.29) is 22.5 Å². The number of methoxy groups -OCH3 is 1. The second-order valence-electron chi connectivity index (χ2n) is 6.45. The lowest BCUT2D eigenvalue weighted by atomic mass is 10.1. The Kier molecular flexibility index (Phi) is 5.68. The number of halogens is 3. The summed E-state index contributed by atoms with van der Waals surface area (Å²) in [7, 11) is 1.58. The molecule has 7 nitrogen and oxygen atoms in total. The summed E-state index contributed by atoms with van der Waals surface area (Å²) >= 11 is 1.32. The van der Waals surface area contributed by atoms with Gasteiger partial charge in [0.2, 0.25) is 11.7 Å². The normalized spacial score (nSPS) is 12.7. The molecule has 0 N–H and O–H groups in total. The third kappa shape index (κ3) is 4.41. The minimum absolute atomic E-state index is 0.0831. The molecule has 0 saturated carbocycles. The van der Waals surface area contributed by atoms with E-state index in [4.69, 9.17) is 9.26 Å². The molecule has 0 unspecified atom stereocenters. The number of hydrogen-bond donors (Lipinski definition) is 0. The van der Waals surface area contributed by atoms with E-state index in [0.717, 1.165) is 17.8 Å². The first-order valence-electron chi connectivity index (χ1n) is 9.08. The third-order valence-corrected chi connectivity index (χ3v) is 5.43. The second kappa shape index (κ2) is 8.42. The van der Waals surface area contributed by atoms with Crippen molar-refractivity contribution in [1.29, 1.82) is 0 Å². The molecule has 4 aromatic rings. The Labute approximate surface area is 179 Å². The van der Waals surface area contributed by atoms with E-state index >= 15 is 0 Å². The number of benzene rings is 2. The molecule has 1 atom stereocenters. The van der Waals surface area contributed by atoms with Gasteiger partial charge in [-0.15, -0.1) is 10.2 Å². The summed E-state index contributed by atoms with van der Waals surface area (Å²) in [5, 5.41) is 12.2. The summed E-state index contributed by atoms with van der Waals surface area (Å²) in [5.74, 6) is 0.994. The fraction of sp³-hybridized carbons (Fsp3) is 0.200. The van der Waals surface area contributed by atoms with Crippen LogP contribution < -0.4 is 4.74 Å². The largest absolute Gasteiger partial charge is 0.495 e. The number of thioether (sulfide) groups is 1. The van der Waals surface area contributed by atoms with Crippen LogP contribution in [0.2, 0.25) is 0 Å². The molecule has 2 aromatic heterocycles. The summed E-state index contributed by atoms with van der Waals surface area (Å²) in [6.45, 7) is 1.83. The molecule has 31 heavy (non-hydrogen) atoms. The molecule has 0 aliphatic carbocycles. The van der Waals surface area contributed by atoms with Crippen molar-refractivity contribution in [3.63, 3.8) is 0 Å². The zero-order valence-corrected chi connectivity index (χ0v) is 17.2. The zero-order chi connectivity index (χ0) is 22.0. The van der Waals surface area contributed by atoms with Gasteiger partial charge in [-0.25, -0.2) is 0 Å². The number of para-hydroxylation sites is 2. The molecule has 0 saturated heterocycles. The predicted octanol–water partition coefficient (Wildman–Crippen LogP) is 5.20. The van der Waals surface area contributed by atoms with E-state index in [1.807, 2.05) is 31.2 Å². The van der Waals surface area contributed by atoms with Gasteiger partial charge in [0.1, 0.15) is 12.1 Å². The average Bonchev–Trinajstić information content (AvgIpc) is 3.43. The van der Waals surface area contributed by atoms with E-state index in [1.165, 1.54) is 23.9 Å². The summed E-state index contributed by atoms with van der Waals surface area (Å²) in [5.41, 5.74) is 0.211. The van der Waals surface area contributed by atoms with Crippen LogP contribution in [0.25, 0.3) is 17.1 Å². The van der Waals surface area contributed by atoms with Crippen LogP contribution >= 0.6 is 11.8 Å². The van der Waals surface area contributed by atoms with Crippen LogP contribution in [-0.4, -0.2) is 32.0 Å². The molecule has 4 rings (SSSR count). The van der Waals surface area contributed by atoms with Crippen LogP contribution in [0, 0.1) is 0 Å². The first-order chi connectivity index (χ1) is 14.9. The van der Waals surface area contributed by atoms with Crippen LogP contribution in [0.5, 0.6) is 5.75 Å². The fourth-order valence-corrected chi connectivity index (χ4v) is 3.73. The van der Waals surface area contributed by atoms with Gasteiger partial charge in [-0.1, -0.05) is 41.2 Å². The Hall–Kier alpha value is -3.34. The van der Waals surface area contributed by atoms with Crippen molar-refractivity contribution in [1.82, 2.24) is 24.9 Å². The summed E-state index contributed by atoms with van der Waals surface area (Å²) in [6, 6.07) is 12.2. The summed E-state index contributed by atoms with van der Waals surface area (Å²) < 4.78 is 51.4. The predicted molar refractivity (Wildman–Crippen MR) is 107 cm³/mol. The van der Waals surface area contributed by atoms with Crippen molar-refractivity contribution in [3.8, 4) is 22.8 Å². The number of aromatic nitrogens is 5. The van der Waals surface area contributed by atoms with E-state index in [0.29, 0.717) is 10.9 Å². The Morgan fingerprint density at radius 1 is 1.13 bits per heavy atom. The topological polar surface area (TPSA) is 78.9 Å². The van der Waals surface area contributed by atoms with Crippen molar-refractivity contribution < 1.29 is 22.4 Å². The molecule has 0 amide bonds. The highest BCUT2D eigenvalue weighted by Gasteiger charge is 2.31. The van der Waals surface area contributed by atoms with Gasteiger partial charge in [0.25, 0.3) is 0 Å². The maximum absolute atomic E-state index is 13.0. The molecule has 2 heterocycles. The molecule has 0 fully saturated rings.